The van der Waals surface area contributed by atoms with Crippen LogP contribution in [0.25, 0.3) is 17.0 Å². The fourth-order valence-electron chi connectivity index (χ4n) is 2.78. The van der Waals surface area contributed by atoms with Crippen LogP contribution < -0.4 is 18.9 Å². The molecule has 0 radical (unpaired) electrons. The molecule has 6 nitrogen and oxygen atoms in total. The molecule has 1 aromatic heterocycles. The van der Waals surface area contributed by atoms with Crippen LogP contribution in [0.4, 0.5) is 0 Å². The van der Waals surface area contributed by atoms with Gasteiger partial charge >= 0.3 is 0 Å². The zero-order valence-corrected chi connectivity index (χ0v) is 15.6. The van der Waals surface area contributed by atoms with Crippen molar-refractivity contribution in [2.45, 2.75) is 0 Å². The number of carbonyl (C=O) groups excluding carboxylic acids is 1. The van der Waals surface area contributed by atoms with Crippen LogP contribution in [-0.2, 0) is 0 Å². The first kappa shape index (κ1) is 18.4. The number of ketones is 1. The fraction of sp³-hybridized carbons (Fsp3) is 0.190. The number of furan rings is 1. The van der Waals surface area contributed by atoms with E-state index >= 15 is 0 Å². The van der Waals surface area contributed by atoms with Gasteiger partial charge in [-0.1, -0.05) is 12.1 Å². The van der Waals surface area contributed by atoms with E-state index in [4.69, 9.17) is 23.4 Å². The Bertz CT molecular complexity index is 974. The highest BCUT2D eigenvalue weighted by atomic mass is 16.5. The minimum absolute atomic E-state index is 0.221. The minimum Gasteiger partial charge on any atom is -0.493 e. The molecule has 0 N–H and O–H groups in total. The van der Waals surface area contributed by atoms with Gasteiger partial charge in [0.1, 0.15) is 5.76 Å². The lowest BCUT2D eigenvalue weighted by atomic mass is 10.1. The molecule has 0 saturated carbocycles. The van der Waals surface area contributed by atoms with Crippen molar-refractivity contribution < 1.29 is 28.2 Å². The smallest absolute Gasteiger partial charge is 0.203 e. The van der Waals surface area contributed by atoms with Crippen molar-refractivity contribution in [2.24, 2.45) is 0 Å². The lowest BCUT2D eigenvalue weighted by molar-refractivity contribution is 0.104. The largest absolute Gasteiger partial charge is 0.493 e. The monoisotopic (exact) mass is 368 g/mol. The Labute approximate surface area is 156 Å². The molecular formula is C21H20O6. The maximum atomic E-state index is 12.6. The molecule has 1 heterocycles. The van der Waals surface area contributed by atoms with Crippen molar-refractivity contribution in [2.75, 3.05) is 28.4 Å². The lowest BCUT2D eigenvalue weighted by Gasteiger charge is -2.13. The number of para-hydroxylation sites is 1. The van der Waals surface area contributed by atoms with Crippen LogP contribution in [0.1, 0.15) is 16.1 Å². The Kier molecular flexibility index (Phi) is 5.35. The fourth-order valence-corrected chi connectivity index (χ4v) is 2.78. The van der Waals surface area contributed by atoms with Gasteiger partial charge in [-0.3, -0.25) is 4.79 Å². The Morgan fingerprint density at radius 2 is 1.56 bits per heavy atom. The summed E-state index contributed by atoms with van der Waals surface area (Å²) in [5.41, 5.74) is 1.05. The zero-order valence-electron chi connectivity index (χ0n) is 15.6. The first-order valence-electron chi connectivity index (χ1n) is 8.20. The van der Waals surface area contributed by atoms with Gasteiger partial charge in [0.25, 0.3) is 0 Å². The van der Waals surface area contributed by atoms with Crippen molar-refractivity contribution in [3.8, 4) is 23.0 Å². The molecule has 6 heteroatoms. The first-order valence-corrected chi connectivity index (χ1v) is 8.20. The Balaban J connectivity index is 1.91. The van der Waals surface area contributed by atoms with E-state index in [9.17, 15) is 4.79 Å². The predicted molar refractivity (Wildman–Crippen MR) is 102 cm³/mol. The molecule has 0 aliphatic heterocycles. The molecule has 0 unspecified atom stereocenters. The number of hydrogen-bond acceptors (Lipinski definition) is 6. The topological polar surface area (TPSA) is 67.1 Å². The molecule has 0 aliphatic carbocycles. The molecule has 3 rings (SSSR count). The van der Waals surface area contributed by atoms with Gasteiger partial charge in [-0.25, -0.2) is 0 Å². The second-order valence-corrected chi connectivity index (χ2v) is 5.64. The first-order chi connectivity index (χ1) is 13.1. The summed E-state index contributed by atoms with van der Waals surface area (Å²) in [6, 6.07) is 10.7. The average molecular weight is 368 g/mol. The predicted octanol–water partition coefficient (Wildman–Crippen LogP) is 4.36. The Morgan fingerprint density at radius 3 is 2.15 bits per heavy atom. The van der Waals surface area contributed by atoms with Gasteiger partial charge in [0.05, 0.1) is 28.4 Å². The maximum Gasteiger partial charge on any atom is 0.203 e. The maximum absolute atomic E-state index is 12.6. The SMILES string of the molecule is COc1cc(C(=O)/C=C/c2cc3cccc(OC)c3o2)cc(OC)c1OC. The number of allylic oxidation sites excluding steroid dienone is 1. The van der Waals surface area contributed by atoms with Crippen molar-refractivity contribution >= 4 is 22.8 Å². The highest BCUT2D eigenvalue weighted by Crippen LogP contribution is 2.38. The summed E-state index contributed by atoms with van der Waals surface area (Å²) >= 11 is 0. The van der Waals surface area contributed by atoms with E-state index in [-0.39, 0.29) is 5.78 Å². The second kappa shape index (κ2) is 7.86. The van der Waals surface area contributed by atoms with Crippen molar-refractivity contribution in [3.63, 3.8) is 0 Å². The second-order valence-electron chi connectivity index (χ2n) is 5.64. The standard InChI is InChI=1S/C21H20O6/c1-23-17-7-5-6-13-10-15(27-20(13)17)8-9-16(22)14-11-18(24-2)21(26-4)19(12-14)25-3/h5-12H,1-4H3/b9-8+. The lowest BCUT2D eigenvalue weighted by Crippen LogP contribution is -2.00. The summed E-state index contributed by atoms with van der Waals surface area (Å²) < 4.78 is 26.9. The number of fused-ring (bicyclic) bond motifs is 1. The van der Waals surface area contributed by atoms with E-state index < -0.39 is 0 Å². The van der Waals surface area contributed by atoms with Crippen LogP contribution in [0, 0.1) is 0 Å². The average Bonchev–Trinajstić information content (AvgIpc) is 3.13. The molecule has 140 valence electrons. The van der Waals surface area contributed by atoms with E-state index in [1.54, 1.807) is 25.3 Å². The molecule has 0 atom stereocenters. The highest BCUT2D eigenvalue weighted by Gasteiger charge is 2.16. The van der Waals surface area contributed by atoms with Gasteiger partial charge < -0.3 is 23.4 Å². The Morgan fingerprint density at radius 1 is 0.889 bits per heavy atom. The number of benzene rings is 2. The summed E-state index contributed by atoms with van der Waals surface area (Å²) in [5, 5.41) is 0.897. The third-order valence-electron chi connectivity index (χ3n) is 4.10. The molecule has 27 heavy (non-hydrogen) atoms. The molecule has 0 amide bonds. The van der Waals surface area contributed by atoms with Crippen molar-refractivity contribution in [1.82, 2.24) is 0 Å². The van der Waals surface area contributed by atoms with Gasteiger partial charge in [-0.2, -0.15) is 0 Å². The highest BCUT2D eigenvalue weighted by molar-refractivity contribution is 6.07. The van der Waals surface area contributed by atoms with Crippen molar-refractivity contribution in [1.29, 1.82) is 0 Å². The number of carbonyl (C=O) groups is 1. The molecule has 0 fully saturated rings. The van der Waals surface area contributed by atoms with Crippen LogP contribution >= 0.6 is 0 Å². The minimum atomic E-state index is -0.221. The molecular weight excluding hydrogens is 348 g/mol. The van der Waals surface area contributed by atoms with Gasteiger partial charge in [0, 0.05) is 10.9 Å². The third kappa shape index (κ3) is 3.60. The third-order valence-corrected chi connectivity index (χ3v) is 4.10. The van der Waals surface area contributed by atoms with Gasteiger partial charge in [0.15, 0.2) is 28.6 Å². The summed E-state index contributed by atoms with van der Waals surface area (Å²) in [7, 11) is 6.10. The molecule has 0 spiro atoms. The summed E-state index contributed by atoms with van der Waals surface area (Å²) in [5.74, 6) is 2.24. The van der Waals surface area contributed by atoms with Gasteiger partial charge in [0.2, 0.25) is 5.75 Å². The van der Waals surface area contributed by atoms with Crippen LogP contribution in [0.5, 0.6) is 23.0 Å². The molecule has 3 aromatic rings. The van der Waals surface area contributed by atoms with E-state index in [1.807, 2.05) is 24.3 Å². The van der Waals surface area contributed by atoms with E-state index in [0.717, 1.165) is 5.39 Å². The molecule has 0 aliphatic rings. The normalized spacial score (nSPS) is 11.0. The van der Waals surface area contributed by atoms with Crippen molar-refractivity contribution in [3.05, 3.63) is 53.8 Å². The summed E-state index contributed by atoms with van der Waals surface area (Å²) in [6.07, 6.45) is 3.05. The van der Waals surface area contributed by atoms with Crippen LogP contribution in [0.2, 0.25) is 0 Å². The van der Waals surface area contributed by atoms with E-state index in [2.05, 4.69) is 0 Å². The Hall–Kier alpha value is -3.41. The number of rotatable bonds is 7. The summed E-state index contributed by atoms with van der Waals surface area (Å²) in [6.45, 7) is 0. The van der Waals surface area contributed by atoms with Gasteiger partial charge in [-0.05, 0) is 36.4 Å². The molecule has 0 bridgehead atoms. The molecule has 2 aromatic carbocycles. The molecule has 0 saturated heterocycles. The summed E-state index contributed by atoms with van der Waals surface area (Å²) in [4.78, 5) is 12.6. The van der Waals surface area contributed by atoms with Crippen LogP contribution in [0.3, 0.4) is 0 Å². The quantitative estimate of drug-likeness (QED) is 0.456. The van der Waals surface area contributed by atoms with Crippen LogP contribution in [0.15, 0.2) is 46.9 Å². The number of ether oxygens (including phenoxy) is 4. The van der Waals surface area contributed by atoms with Crippen LogP contribution in [-0.4, -0.2) is 34.2 Å². The van der Waals surface area contributed by atoms with E-state index in [1.165, 1.54) is 27.4 Å². The van der Waals surface area contributed by atoms with Gasteiger partial charge in [-0.15, -0.1) is 0 Å². The van der Waals surface area contributed by atoms with E-state index in [0.29, 0.717) is 39.9 Å². The number of hydrogen-bond donors (Lipinski definition) is 0. The number of methoxy groups -OCH3 is 4. The zero-order chi connectivity index (χ0) is 19.4.